The molecular weight excluding hydrogens is 272 g/mol. The van der Waals surface area contributed by atoms with Crippen LogP contribution >= 0.6 is 27.7 Å². The Morgan fingerprint density at radius 1 is 1.53 bits per heavy atom. The minimum atomic E-state index is 0.784. The molecule has 3 N–H and O–H groups in total. The molecule has 0 aliphatic heterocycles. The largest absolute Gasteiger partial charge is 0.397 e. The van der Waals surface area contributed by atoms with Crippen LogP contribution in [-0.2, 0) is 0 Å². The summed E-state index contributed by atoms with van der Waals surface area (Å²) in [7, 11) is 0. The fourth-order valence-corrected chi connectivity index (χ4v) is 2.05. The Balaban J connectivity index is 2.36. The Labute approximate surface area is 103 Å². The van der Waals surface area contributed by atoms with Crippen molar-refractivity contribution in [2.24, 2.45) is 0 Å². The minimum Gasteiger partial charge on any atom is -0.397 e. The van der Waals surface area contributed by atoms with Crippen LogP contribution in [0, 0.1) is 0 Å². The fourth-order valence-electron chi connectivity index (χ4n) is 1.11. The van der Waals surface area contributed by atoms with Gasteiger partial charge >= 0.3 is 0 Å². The Morgan fingerprint density at radius 2 is 2.33 bits per heavy atom. The molecule has 0 aliphatic rings. The highest BCUT2D eigenvalue weighted by atomic mass is 79.9. The van der Waals surface area contributed by atoms with Gasteiger partial charge in [0.05, 0.1) is 11.4 Å². The molecule has 2 nitrogen and oxygen atoms in total. The van der Waals surface area contributed by atoms with Gasteiger partial charge in [-0.25, -0.2) is 0 Å². The molecular formula is C11H15BrN2S. The van der Waals surface area contributed by atoms with Crippen LogP contribution in [0.4, 0.5) is 11.4 Å². The zero-order valence-corrected chi connectivity index (χ0v) is 10.9. The van der Waals surface area contributed by atoms with Gasteiger partial charge in [-0.3, -0.25) is 0 Å². The molecule has 0 spiro atoms. The number of anilines is 2. The quantitative estimate of drug-likeness (QED) is 0.478. The molecule has 0 amide bonds. The number of benzene rings is 1. The number of rotatable bonds is 6. The van der Waals surface area contributed by atoms with Crippen LogP contribution in [0.1, 0.15) is 0 Å². The number of nitrogens with two attached hydrogens (primary N) is 1. The Hall–Kier alpha value is -0.610. The minimum absolute atomic E-state index is 0.784. The van der Waals surface area contributed by atoms with E-state index in [0.717, 1.165) is 33.9 Å². The van der Waals surface area contributed by atoms with Crippen molar-refractivity contribution in [3.8, 4) is 0 Å². The van der Waals surface area contributed by atoms with Crippen LogP contribution in [0.3, 0.4) is 0 Å². The molecule has 0 unspecified atom stereocenters. The van der Waals surface area contributed by atoms with E-state index in [1.165, 1.54) is 0 Å². The van der Waals surface area contributed by atoms with Crippen molar-refractivity contribution >= 4 is 39.1 Å². The molecule has 15 heavy (non-hydrogen) atoms. The van der Waals surface area contributed by atoms with E-state index in [-0.39, 0.29) is 0 Å². The molecule has 0 radical (unpaired) electrons. The van der Waals surface area contributed by atoms with Gasteiger partial charge in [0.25, 0.3) is 0 Å². The lowest BCUT2D eigenvalue weighted by Gasteiger charge is -2.09. The molecule has 1 aromatic carbocycles. The highest BCUT2D eigenvalue weighted by Gasteiger charge is 1.98. The van der Waals surface area contributed by atoms with Gasteiger partial charge < -0.3 is 11.1 Å². The summed E-state index contributed by atoms with van der Waals surface area (Å²) in [6.07, 6.45) is 1.91. The standard InChI is InChI=1S/C11H15BrN2S/c1-2-6-15-7-5-14-11-8-9(12)3-4-10(11)13/h2-4,8,14H,1,5-7,13H2. The monoisotopic (exact) mass is 286 g/mol. The number of thioether (sulfide) groups is 1. The van der Waals surface area contributed by atoms with Crippen molar-refractivity contribution in [2.75, 3.05) is 29.1 Å². The summed E-state index contributed by atoms with van der Waals surface area (Å²) in [6, 6.07) is 5.82. The van der Waals surface area contributed by atoms with Crippen LogP contribution < -0.4 is 11.1 Å². The molecule has 0 aliphatic carbocycles. The Bertz CT molecular complexity index is 328. The lowest BCUT2D eigenvalue weighted by Crippen LogP contribution is -2.06. The molecule has 0 bridgehead atoms. The van der Waals surface area contributed by atoms with Crippen LogP contribution in [0.2, 0.25) is 0 Å². The summed E-state index contributed by atoms with van der Waals surface area (Å²) in [6.45, 7) is 4.59. The predicted molar refractivity (Wildman–Crippen MR) is 74.6 cm³/mol. The van der Waals surface area contributed by atoms with E-state index in [1.807, 2.05) is 36.0 Å². The zero-order valence-electron chi connectivity index (χ0n) is 8.50. The third kappa shape index (κ3) is 4.62. The van der Waals surface area contributed by atoms with E-state index < -0.39 is 0 Å². The third-order valence-corrected chi connectivity index (χ3v) is 3.27. The number of nitrogen functional groups attached to an aromatic ring is 1. The van der Waals surface area contributed by atoms with Crippen LogP contribution in [0.25, 0.3) is 0 Å². The van der Waals surface area contributed by atoms with Gasteiger partial charge in [-0.05, 0) is 18.2 Å². The molecule has 1 aromatic rings. The fraction of sp³-hybridized carbons (Fsp3) is 0.273. The first-order valence-electron chi connectivity index (χ1n) is 4.71. The summed E-state index contributed by atoms with van der Waals surface area (Å²) in [5.41, 5.74) is 7.60. The van der Waals surface area contributed by atoms with Crippen LogP contribution in [-0.4, -0.2) is 18.1 Å². The lowest BCUT2D eigenvalue weighted by atomic mass is 10.3. The summed E-state index contributed by atoms with van der Waals surface area (Å²) < 4.78 is 1.04. The smallest absolute Gasteiger partial charge is 0.0585 e. The average molecular weight is 287 g/mol. The first-order valence-corrected chi connectivity index (χ1v) is 6.66. The SMILES string of the molecule is C=CCSCCNc1cc(Br)ccc1N. The van der Waals surface area contributed by atoms with E-state index in [0.29, 0.717) is 0 Å². The normalized spacial score (nSPS) is 9.93. The van der Waals surface area contributed by atoms with Gasteiger partial charge in [0, 0.05) is 22.5 Å². The second-order valence-corrected chi connectivity index (χ2v) is 5.09. The maximum atomic E-state index is 5.82. The van der Waals surface area contributed by atoms with Crippen molar-refractivity contribution < 1.29 is 0 Å². The first kappa shape index (κ1) is 12.5. The van der Waals surface area contributed by atoms with E-state index in [4.69, 9.17) is 5.73 Å². The van der Waals surface area contributed by atoms with Gasteiger partial charge in [0.15, 0.2) is 0 Å². The van der Waals surface area contributed by atoms with E-state index in [2.05, 4.69) is 27.8 Å². The second-order valence-electron chi connectivity index (χ2n) is 3.02. The summed E-state index contributed by atoms with van der Waals surface area (Å²) in [4.78, 5) is 0. The molecule has 0 heterocycles. The Morgan fingerprint density at radius 3 is 3.07 bits per heavy atom. The summed E-state index contributed by atoms with van der Waals surface area (Å²) in [5, 5.41) is 3.30. The number of halogens is 1. The van der Waals surface area contributed by atoms with Gasteiger partial charge in [-0.2, -0.15) is 11.8 Å². The Kier molecular flexibility index (Phi) is 5.65. The lowest BCUT2D eigenvalue weighted by molar-refractivity contribution is 1.23. The van der Waals surface area contributed by atoms with E-state index in [9.17, 15) is 0 Å². The molecule has 0 fully saturated rings. The molecule has 4 heteroatoms. The first-order chi connectivity index (χ1) is 7.24. The van der Waals surface area contributed by atoms with Gasteiger partial charge in [-0.15, -0.1) is 6.58 Å². The number of hydrogen-bond donors (Lipinski definition) is 2. The maximum Gasteiger partial charge on any atom is 0.0585 e. The summed E-state index contributed by atoms with van der Waals surface area (Å²) >= 11 is 5.27. The molecule has 0 saturated heterocycles. The average Bonchev–Trinajstić information content (AvgIpc) is 2.23. The van der Waals surface area contributed by atoms with E-state index >= 15 is 0 Å². The van der Waals surface area contributed by atoms with Crippen LogP contribution in [0.5, 0.6) is 0 Å². The molecule has 0 atom stereocenters. The van der Waals surface area contributed by atoms with Crippen molar-refractivity contribution in [3.63, 3.8) is 0 Å². The van der Waals surface area contributed by atoms with Crippen molar-refractivity contribution in [1.29, 1.82) is 0 Å². The molecule has 1 rings (SSSR count). The number of nitrogens with one attached hydrogen (secondary N) is 1. The van der Waals surface area contributed by atoms with Gasteiger partial charge in [0.1, 0.15) is 0 Å². The van der Waals surface area contributed by atoms with Gasteiger partial charge in [0.2, 0.25) is 0 Å². The maximum absolute atomic E-state index is 5.82. The molecule has 0 aromatic heterocycles. The van der Waals surface area contributed by atoms with Gasteiger partial charge in [-0.1, -0.05) is 22.0 Å². The number of hydrogen-bond acceptors (Lipinski definition) is 3. The molecule has 82 valence electrons. The highest BCUT2D eigenvalue weighted by Crippen LogP contribution is 2.23. The van der Waals surface area contributed by atoms with E-state index in [1.54, 1.807) is 0 Å². The second kappa shape index (κ2) is 6.80. The zero-order chi connectivity index (χ0) is 11.1. The predicted octanol–water partition coefficient (Wildman–Crippen LogP) is 3.36. The van der Waals surface area contributed by atoms with Crippen LogP contribution in [0.15, 0.2) is 35.3 Å². The topological polar surface area (TPSA) is 38.0 Å². The van der Waals surface area contributed by atoms with Crippen molar-refractivity contribution in [2.45, 2.75) is 0 Å². The molecule has 0 saturated carbocycles. The van der Waals surface area contributed by atoms with Crippen molar-refractivity contribution in [1.82, 2.24) is 0 Å². The van der Waals surface area contributed by atoms with Crippen molar-refractivity contribution in [3.05, 3.63) is 35.3 Å². The highest BCUT2D eigenvalue weighted by molar-refractivity contribution is 9.10. The summed E-state index contributed by atoms with van der Waals surface area (Å²) in [5.74, 6) is 2.05. The third-order valence-electron chi connectivity index (χ3n) is 1.81.